The number of esters is 1. The Kier molecular flexibility index (Phi) is 11.6. The van der Waals surface area contributed by atoms with Crippen molar-refractivity contribution in [2.45, 2.75) is 114 Å². The van der Waals surface area contributed by atoms with E-state index in [1.165, 1.54) is 6.42 Å². The molecule has 2 aliphatic heterocycles. The highest BCUT2D eigenvalue weighted by Crippen LogP contribution is 2.57. The van der Waals surface area contributed by atoms with Crippen molar-refractivity contribution < 1.29 is 46.5 Å². The summed E-state index contributed by atoms with van der Waals surface area (Å²) in [5, 5.41) is 0.889. The number of hydrogen-bond donors (Lipinski definition) is 1. The van der Waals surface area contributed by atoms with Gasteiger partial charge in [0.25, 0.3) is 0 Å². The molecule has 10 atom stereocenters. The minimum absolute atomic E-state index is 0.0652. The van der Waals surface area contributed by atoms with Crippen molar-refractivity contribution in [1.29, 1.82) is 0 Å². The second-order valence-corrected chi connectivity index (χ2v) is 20.0. The number of carbonyl (C=O) groups is 4. The van der Waals surface area contributed by atoms with Gasteiger partial charge in [0.05, 0.1) is 48.4 Å². The van der Waals surface area contributed by atoms with Crippen LogP contribution in [0.3, 0.4) is 0 Å². The topological polar surface area (TPSA) is 167 Å². The van der Waals surface area contributed by atoms with Crippen molar-refractivity contribution in [2.24, 2.45) is 40.9 Å². The third kappa shape index (κ3) is 8.78. The molecule has 1 aromatic carbocycles. The summed E-state index contributed by atoms with van der Waals surface area (Å²) >= 11 is 0. The zero-order chi connectivity index (χ0) is 40.8. The Hall–Kier alpha value is -4.04. The molecule has 8 rings (SSSR count). The predicted molar refractivity (Wildman–Crippen MR) is 214 cm³/mol. The van der Waals surface area contributed by atoms with Crippen LogP contribution in [0.2, 0.25) is 0 Å². The second kappa shape index (κ2) is 16.5. The lowest BCUT2D eigenvalue weighted by molar-refractivity contribution is -0.155. The number of rotatable bonds is 12. The van der Waals surface area contributed by atoms with Gasteiger partial charge in [-0.15, -0.1) is 0 Å². The number of fused-ring (bicyclic) bond motifs is 4. The fourth-order valence-electron chi connectivity index (χ4n) is 9.90. The molecular weight excluding hydrogens is 763 g/mol. The number of methoxy groups -OCH3 is 1. The zero-order valence-electron chi connectivity index (χ0n) is 33.8. The van der Waals surface area contributed by atoms with Crippen molar-refractivity contribution in [3.8, 4) is 11.6 Å². The van der Waals surface area contributed by atoms with E-state index in [0.717, 1.165) is 31.1 Å². The van der Waals surface area contributed by atoms with E-state index in [4.69, 9.17) is 18.9 Å². The average Bonchev–Trinajstić information content (AvgIpc) is 4.15. The zero-order valence-corrected chi connectivity index (χ0v) is 34.6. The van der Waals surface area contributed by atoms with Gasteiger partial charge >= 0.3 is 5.97 Å². The van der Waals surface area contributed by atoms with E-state index < -0.39 is 50.6 Å². The molecule has 1 aromatic heterocycles. The van der Waals surface area contributed by atoms with Gasteiger partial charge in [0.2, 0.25) is 27.7 Å². The Bertz CT molecular complexity index is 2040. The number of nitrogens with one attached hydrogen (secondary N) is 1. The SMILES string of the molecule is COCCOc1cnc(O[C@@H]2C[C@H]3C(=O)C[C@]4(C(=O)NS(=O)(=O)C5CC5)C[C@H]4/C=C\CC[C@@H](C)C[C@@H](C)[C@H](CC(=O)OC4C[C@@H]5C[C@@H]5C4)C(=O)N3C2)c2ccccc12. The highest BCUT2D eigenvalue weighted by molar-refractivity contribution is 7.90. The largest absolute Gasteiger partial charge is 0.489 e. The van der Waals surface area contributed by atoms with Crippen molar-refractivity contribution in [2.75, 3.05) is 26.9 Å². The maximum Gasteiger partial charge on any atom is 0.306 e. The van der Waals surface area contributed by atoms with Crippen LogP contribution in [0.5, 0.6) is 11.6 Å². The first-order valence-corrected chi connectivity index (χ1v) is 22.8. The summed E-state index contributed by atoms with van der Waals surface area (Å²) in [6.07, 6.45) is 11.2. The van der Waals surface area contributed by atoms with Crippen molar-refractivity contribution in [3.63, 3.8) is 0 Å². The van der Waals surface area contributed by atoms with Crippen LogP contribution in [0.1, 0.15) is 90.9 Å². The summed E-state index contributed by atoms with van der Waals surface area (Å²) in [6, 6.07) is 6.58. The van der Waals surface area contributed by atoms with Gasteiger partial charge in [0.15, 0.2) is 5.78 Å². The summed E-state index contributed by atoms with van der Waals surface area (Å²) in [5.74, 6) is -0.556. The Morgan fingerprint density at radius 2 is 1.72 bits per heavy atom. The summed E-state index contributed by atoms with van der Waals surface area (Å²) < 4.78 is 51.9. The van der Waals surface area contributed by atoms with Crippen LogP contribution in [0.25, 0.3) is 10.8 Å². The molecule has 58 heavy (non-hydrogen) atoms. The van der Waals surface area contributed by atoms with Crippen LogP contribution in [0, 0.1) is 40.9 Å². The maximum absolute atomic E-state index is 15.0. The number of nitrogens with zero attached hydrogens (tertiary/aromatic N) is 2. The Morgan fingerprint density at radius 1 is 0.966 bits per heavy atom. The van der Waals surface area contributed by atoms with Crippen LogP contribution in [0.15, 0.2) is 42.6 Å². The molecule has 1 unspecified atom stereocenters. The predicted octanol–water partition coefficient (Wildman–Crippen LogP) is 5.54. The number of benzene rings is 1. The Balaban J connectivity index is 1.09. The smallest absolute Gasteiger partial charge is 0.306 e. The molecule has 6 aliphatic rings. The fourth-order valence-corrected chi connectivity index (χ4v) is 11.3. The lowest BCUT2D eigenvalue weighted by Gasteiger charge is -2.32. The highest BCUT2D eigenvalue weighted by Gasteiger charge is 2.62. The van der Waals surface area contributed by atoms with Gasteiger partial charge in [0, 0.05) is 30.7 Å². The maximum atomic E-state index is 15.0. The van der Waals surface area contributed by atoms with E-state index >= 15 is 4.79 Å². The molecule has 4 aliphatic carbocycles. The fraction of sp³-hybridized carbons (Fsp3) is 0.659. The van der Waals surface area contributed by atoms with Gasteiger partial charge in [-0.3, -0.25) is 23.9 Å². The molecule has 3 heterocycles. The number of carbonyl (C=O) groups excluding carboxylic acids is 4. The van der Waals surface area contributed by atoms with Gasteiger partial charge in [-0.05, 0) is 93.4 Å². The quantitative estimate of drug-likeness (QED) is 0.162. The minimum atomic E-state index is -3.86. The molecule has 0 radical (unpaired) electrons. The van der Waals surface area contributed by atoms with Crippen molar-refractivity contribution >= 4 is 44.4 Å². The Labute approximate surface area is 341 Å². The van der Waals surface area contributed by atoms with Crippen LogP contribution in [-0.2, 0) is 38.7 Å². The number of sulfonamides is 1. The second-order valence-electron chi connectivity index (χ2n) is 18.1. The Morgan fingerprint density at radius 3 is 2.47 bits per heavy atom. The van der Waals surface area contributed by atoms with E-state index in [-0.39, 0.29) is 61.4 Å². The summed E-state index contributed by atoms with van der Waals surface area (Å²) in [4.78, 5) is 63.4. The molecule has 4 saturated carbocycles. The standard InChI is InChI=1S/C44H57N3O10S/c1-26-8-4-5-9-30-22-44(30,43(51)46-58(52,53)33-12-13-33)23-38(48)37-20-32(57-41-35-11-7-6-10-34(35)39(24-45-41)55-15-14-54-3)25-47(37)42(50)36(27(2)16-26)21-40(49)56-31-18-28-17-29(28)19-31/h5-7,9-11,24,26-33,36-37H,4,8,12-23,25H2,1-3H3,(H,46,51)/b9-5-/t26-,27-,28-,29+,30-,31?,32-,36+,37+,44-/m1/s1. The molecule has 14 heteroatoms. The number of aromatic nitrogens is 1. The molecule has 1 saturated heterocycles. The highest BCUT2D eigenvalue weighted by atomic mass is 32.2. The summed E-state index contributed by atoms with van der Waals surface area (Å²) in [5.41, 5.74) is -1.25. The van der Waals surface area contributed by atoms with Gasteiger partial charge in [-0.2, -0.15) is 0 Å². The number of pyridine rings is 1. The molecule has 5 fully saturated rings. The van der Waals surface area contributed by atoms with Gasteiger partial charge in [0.1, 0.15) is 24.6 Å². The van der Waals surface area contributed by atoms with E-state index in [9.17, 15) is 22.8 Å². The van der Waals surface area contributed by atoms with E-state index in [2.05, 4.69) is 16.6 Å². The molecular formula is C44H57N3O10S. The normalized spacial score (nSPS) is 34.2. The molecule has 0 spiro atoms. The molecule has 1 N–H and O–H groups in total. The number of ketones is 1. The molecule has 0 bridgehead atoms. The number of amides is 2. The van der Waals surface area contributed by atoms with Crippen LogP contribution in [-0.4, -0.2) is 92.2 Å². The molecule has 2 aromatic rings. The number of Topliss-reactive ketones (excluding diaryl/α,β-unsaturated/α-hetero) is 1. The van der Waals surface area contributed by atoms with E-state index in [0.29, 0.717) is 67.7 Å². The van der Waals surface area contributed by atoms with Crippen LogP contribution >= 0.6 is 0 Å². The third-order valence-corrected chi connectivity index (χ3v) is 15.4. The summed E-state index contributed by atoms with van der Waals surface area (Å²) in [6.45, 7) is 4.95. The first kappa shape index (κ1) is 40.7. The van der Waals surface area contributed by atoms with Crippen molar-refractivity contribution in [3.05, 3.63) is 42.6 Å². The van der Waals surface area contributed by atoms with Crippen LogP contribution in [0.4, 0.5) is 0 Å². The number of allylic oxidation sites excluding steroid dienone is 2. The first-order valence-electron chi connectivity index (χ1n) is 21.3. The minimum Gasteiger partial charge on any atom is -0.489 e. The average molecular weight is 820 g/mol. The van der Waals surface area contributed by atoms with Crippen molar-refractivity contribution in [1.82, 2.24) is 14.6 Å². The lowest BCUT2D eigenvalue weighted by atomic mass is 9.82. The lowest BCUT2D eigenvalue weighted by Crippen LogP contribution is -2.47. The molecule has 314 valence electrons. The number of ether oxygens (including phenoxy) is 4. The third-order valence-electron chi connectivity index (χ3n) is 13.6. The molecule has 2 amide bonds. The molecule has 13 nitrogen and oxygen atoms in total. The van der Waals surface area contributed by atoms with Gasteiger partial charge < -0.3 is 23.8 Å². The van der Waals surface area contributed by atoms with Crippen LogP contribution < -0.4 is 14.2 Å². The van der Waals surface area contributed by atoms with Gasteiger partial charge in [-0.1, -0.05) is 44.2 Å². The number of hydrogen-bond acceptors (Lipinski definition) is 11. The monoisotopic (exact) mass is 819 g/mol. The van der Waals surface area contributed by atoms with E-state index in [1.54, 1.807) is 18.2 Å². The van der Waals surface area contributed by atoms with Gasteiger partial charge in [-0.25, -0.2) is 13.4 Å². The van der Waals surface area contributed by atoms with E-state index in [1.807, 2.05) is 43.3 Å². The summed E-state index contributed by atoms with van der Waals surface area (Å²) in [7, 11) is -2.25. The first-order chi connectivity index (χ1) is 27.8.